The Bertz CT molecular complexity index is 1750. The van der Waals surface area contributed by atoms with Crippen LogP contribution in [0.3, 0.4) is 0 Å². The van der Waals surface area contributed by atoms with Crippen molar-refractivity contribution in [3.8, 4) is 0 Å². The summed E-state index contributed by atoms with van der Waals surface area (Å²) in [5.41, 5.74) is 10.7. The van der Waals surface area contributed by atoms with Gasteiger partial charge in [0.2, 0.25) is 0 Å². The summed E-state index contributed by atoms with van der Waals surface area (Å²) in [7, 11) is 0. The number of hydrogen-bond donors (Lipinski definition) is 4. The Morgan fingerprint density at radius 1 is 0.982 bits per heavy atom. The number of hydrogen-bond acceptors (Lipinski definition) is 4. The maximum absolute atomic E-state index is 11.7. The monoisotopic (exact) mass is 747 g/mol. The molecule has 6 saturated carbocycles. The van der Waals surface area contributed by atoms with Gasteiger partial charge in [-0.3, -0.25) is 0 Å². The van der Waals surface area contributed by atoms with E-state index < -0.39 is 0 Å². The molecule has 1 aliphatic heterocycles. The van der Waals surface area contributed by atoms with Gasteiger partial charge in [0.25, 0.3) is 0 Å². The van der Waals surface area contributed by atoms with Crippen molar-refractivity contribution in [3.05, 3.63) is 70.3 Å². The first-order valence-electron chi connectivity index (χ1n) is 23.4. The molecule has 15 atom stereocenters. The lowest BCUT2D eigenvalue weighted by Gasteiger charge is -2.60. The molecule has 8 aliphatic carbocycles. The molecule has 4 N–H and O–H groups in total. The van der Waals surface area contributed by atoms with E-state index in [1.165, 1.54) is 102 Å². The van der Waals surface area contributed by atoms with Gasteiger partial charge in [0.1, 0.15) is 0 Å². The Morgan fingerprint density at radius 2 is 1.80 bits per heavy atom. The van der Waals surface area contributed by atoms with Crippen LogP contribution in [-0.4, -0.2) is 46.6 Å². The molecule has 1 unspecified atom stereocenters. The largest absolute Gasteiger partial charge is 0.392 e. The van der Waals surface area contributed by atoms with Crippen molar-refractivity contribution in [1.29, 1.82) is 0 Å². The minimum absolute atomic E-state index is 0.0593. The molecule has 0 radical (unpaired) electrons. The Labute approximate surface area is 333 Å². The normalized spacial score (nSPS) is 47.3. The van der Waals surface area contributed by atoms with Crippen LogP contribution in [0.4, 0.5) is 0 Å². The number of allylic oxidation sites excluding steroid dienone is 4. The van der Waals surface area contributed by atoms with Gasteiger partial charge >= 0.3 is 0 Å². The van der Waals surface area contributed by atoms with Crippen LogP contribution in [0.25, 0.3) is 0 Å². The third-order valence-corrected chi connectivity index (χ3v) is 19.6. The van der Waals surface area contributed by atoms with Crippen LogP contribution in [0.5, 0.6) is 0 Å². The highest BCUT2D eigenvalue weighted by Crippen LogP contribution is 2.70. The first-order chi connectivity index (χ1) is 26.3. The molecular formula is C51H74N2O2. The number of piperidine rings is 1. The van der Waals surface area contributed by atoms with E-state index in [-0.39, 0.29) is 34.6 Å². The van der Waals surface area contributed by atoms with Crippen molar-refractivity contribution in [2.24, 2.45) is 58.2 Å². The molecule has 4 nitrogen and oxygen atoms in total. The predicted octanol–water partition coefficient (Wildman–Crippen LogP) is 9.99. The molecule has 10 rings (SSSR count). The number of rotatable bonds is 4. The van der Waals surface area contributed by atoms with Crippen molar-refractivity contribution in [1.82, 2.24) is 10.6 Å². The van der Waals surface area contributed by atoms with Gasteiger partial charge in [-0.05, 0) is 192 Å². The van der Waals surface area contributed by atoms with Crippen LogP contribution in [0.2, 0.25) is 0 Å². The SMILES string of the molecule is C=C(C)[C@H]1CC2=C(C)C=C3C[C@]2(C)[C@@]2(CC[C@H](Cc4cccc(c4)C4(CCCCC4)C4C[C@@H]3N[C@@]3(C)[C@@H]5[C@@H](C[C@@H]6C[C@@H](NC[C@H](C)O)[C@H](O)C[C@H]65)C[C@H]43)C2)C1. The minimum Gasteiger partial charge on any atom is -0.392 e. The van der Waals surface area contributed by atoms with Gasteiger partial charge in [-0.25, -0.2) is 0 Å². The van der Waals surface area contributed by atoms with E-state index in [4.69, 9.17) is 5.32 Å². The zero-order valence-electron chi connectivity index (χ0n) is 35.1. The van der Waals surface area contributed by atoms with E-state index in [0.29, 0.717) is 53.5 Å². The zero-order valence-corrected chi connectivity index (χ0v) is 35.1. The lowest BCUT2D eigenvalue weighted by atomic mass is 9.46. The summed E-state index contributed by atoms with van der Waals surface area (Å²) >= 11 is 0. The van der Waals surface area contributed by atoms with E-state index in [0.717, 1.165) is 24.7 Å². The third kappa shape index (κ3) is 5.70. The average Bonchev–Trinajstić information content (AvgIpc) is 3.81. The Kier molecular flexibility index (Phi) is 9.15. The van der Waals surface area contributed by atoms with Crippen LogP contribution < -0.4 is 10.6 Å². The van der Waals surface area contributed by atoms with Crippen molar-refractivity contribution in [2.45, 2.75) is 179 Å². The first-order valence-corrected chi connectivity index (χ1v) is 23.4. The molecule has 1 saturated heterocycles. The van der Waals surface area contributed by atoms with E-state index >= 15 is 0 Å². The second-order valence-electron chi connectivity index (χ2n) is 22.4. The molecule has 0 amide bonds. The molecule has 9 aliphatic rings. The van der Waals surface area contributed by atoms with Gasteiger partial charge in [0.05, 0.1) is 12.2 Å². The lowest BCUT2D eigenvalue weighted by Crippen LogP contribution is -2.66. The quantitative estimate of drug-likeness (QED) is 0.232. The fourth-order valence-electron chi connectivity index (χ4n) is 17.3. The van der Waals surface area contributed by atoms with Crippen molar-refractivity contribution >= 4 is 0 Å². The number of aliphatic hydroxyl groups excluding tert-OH is 2. The Balaban J connectivity index is 1.10. The average molecular weight is 747 g/mol. The maximum atomic E-state index is 11.7. The molecule has 1 aromatic carbocycles. The number of aliphatic hydroxyl groups is 2. The molecule has 2 spiro atoms. The van der Waals surface area contributed by atoms with Crippen LogP contribution in [-0.2, 0) is 11.8 Å². The fourth-order valence-corrected chi connectivity index (χ4v) is 17.3. The molecule has 55 heavy (non-hydrogen) atoms. The molecule has 1 heterocycles. The van der Waals surface area contributed by atoms with E-state index in [2.05, 4.69) is 69.9 Å². The molecule has 8 bridgehead atoms. The summed E-state index contributed by atoms with van der Waals surface area (Å²) in [5.74, 6) is 5.31. The molecule has 1 aromatic rings. The van der Waals surface area contributed by atoms with E-state index in [9.17, 15) is 10.2 Å². The molecular weight excluding hydrogens is 673 g/mol. The van der Waals surface area contributed by atoms with Gasteiger partial charge < -0.3 is 20.8 Å². The standard InChI is InChI=1S/C51H74N2O2/c1-30(2)37-22-41-31(3)17-38-27-48(41,5)50(28-37)16-13-34(26-50)18-33-11-10-12-39(19-33)51(14-8-7-9-15-51)43-25-44(38)53-49(6)42(43)21-36-20-35-23-45(52-29-32(4)54)46(55)24-40(35)47(36)49/h10-12,17,19,32,34-37,40,42-47,52-55H,1,7-9,13-16,18,20-29H2,2-6H3/t32-,34+,35+,36-,37-,40+,42+,43?,44-,45+,46+,47+,48-,49+,50+/m0/s1. The summed E-state index contributed by atoms with van der Waals surface area (Å²) < 4.78 is 0. The number of fused-ring (bicyclic) bond motifs is 15. The third-order valence-electron chi connectivity index (χ3n) is 19.6. The van der Waals surface area contributed by atoms with E-state index in [1.54, 1.807) is 27.8 Å². The Hall–Kier alpha value is -1.72. The molecule has 7 fully saturated rings. The summed E-state index contributed by atoms with van der Waals surface area (Å²) in [6.07, 6.45) is 23.9. The van der Waals surface area contributed by atoms with Crippen LogP contribution in [0.1, 0.15) is 148 Å². The highest BCUT2D eigenvalue weighted by atomic mass is 16.3. The second kappa shape index (κ2) is 13.4. The second-order valence-corrected chi connectivity index (χ2v) is 22.4. The summed E-state index contributed by atoms with van der Waals surface area (Å²) in [5, 5.41) is 30.0. The molecule has 0 aromatic heterocycles. The zero-order chi connectivity index (χ0) is 38.1. The van der Waals surface area contributed by atoms with Crippen molar-refractivity contribution in [3.63, 3.8) is 0 Å². The topological polar surface area (TPSA) is 64.5 Å². The Morgan fingerprint density at radius 3 is 2.58 bits per heavy atom. The van der Waals surface area contributed by atoms with Gasteiger partial charge in [0, 0.05) is 24.2 Å². The number of nitrogens with one attached hydrogen (secondary N) is 2. The predicted molar refractivity (Wildman–Crippen MR) is 225 cm³/mol. The van der Waals surface area contributed by atoms with Gasteiger partial charge in [-0.2, -0.15) is 0 Å². The maximum Gasteiger partial charge on any atom is 0.0696 e. The number of benzene rings is 1. The van der Waals surface area contributed by atoms with Crippen molar-refractivity contribution in [2.75, 3.05) is 6.54 Å². The minimum atomic E-state index is -0.383. The fraction of sp³-hybridized carbons (Fsp3) is 0.765. The van der Waals surface area contributed by atoms with Crippen LogP contribution in [0, 0.1) is 58.2 Å². The van der Waals surface area contributed by atoms with Gasteiger partial charge in [0.15, 0.2) is 0 Å². The highest BCUT2D eigenvalue weighted by Gasteiger charge is 2.67. The van der Waals surface area contributed by atoms with Crippen LogP contribution >= 0.6 is 0 Å². The summed E-state index contributed by atoms with van der Waals surface area (Å²) in [6.45, 7) is 17.3. The summed E-state index contributed by atoms with van der Waals surface area (Å²) in [4.78, 5) is 0. The van der Waals surface area contributed by atoms with Crippen molar-refractivity contribution < 1.29 is 10.2 Å². The van der Waals surface area contributed by atoms with Gasteiger partial charge in [-0.15, -0.1) is 0 Å². The smallest absolute Gasteiger partial charge is 0.0696 e. The van der Waals surface area contributed by atoms with E-state index in [1.807, 2.05) is 6.92 Å². The van der Waals surface area contributed by atoms with Gasteiger partial charge in [-0.1, -0.05) is 85.4 Å². The molecule has 300 valence electrons. The first kappa shape index (κ1) is 37.5. The highest BCUT2D eigenvalue weighted by molar-refractivity contribution is 5.45. The molecule has 4 heteroatoms. The van der Waals surface area contributed by atoms with Crippen LogP contribution in [0.15, 0.2) is 59.2 Å². The lowest BCUT2D eigenvalue weighted by molar-refractivity contribution is -0.0236. The summed E-state index contributed by atoms with van der Waals surface area (Å²) in [6, 6.07) is 10.8.